The van der Waals surface area contributed by atoms with Crippen LogP contribution in [-0.2, 0) is 0 Å². The van der Waals surface area contributed by atoms with E-state index in [1.807, 2.05) is 0 Å². The Labute approximate surface area is 73.8 Å². The summed E-state index contributed by atoms with van der Waals surface area (Å²) in [6, 6.07) is 2.84. The highest BCUT2D eigenvalue weighted by Gasteiger charge is 2.13. The number of nitriles is 1. The van der Waals surface area contributed by atoms with Crippen LogP contribution in [0.1, 0.15) is 23.4 Å². The normalized spacial score (nSPS) is 10.1. The number of aromatic nitrogens is 1. The van der Waals surface area contributed by atoms with E-state index in [1.54, 1.807) is 13.0 Å². The summed E-state index contributed by atoms with van der Waals surface area (Å²) in [7, 11) is 0. The molecule has 1 rings (SSSR count). The minimum Gasteiger partial charge on any atom is -0.396 e. The summed E-state index contributed by atoms with van der Waals surface area (Å²) in [6.45, 7) is 1.56. The molecule has 0 saturated heterocycles. The number of anilines is 1. The fourth-order valence-electron chi connectivity index (χ4n) is 0.905. The molecule has 0 aliphatic rings. The van der Waals surface area contributed by atoms with Gasteiger partial charge in [0.15, 0.2) is 5.69 Å². The molecule has 0 amide bonds. The number of alkyl halides is 2. The summed E-state index contributed by atoms with van der Waals surface area (Å²) in [4.78, 5) is 3.42. The second-order valence-electron chi connectivity index (χ2n) is 2.54. The highest BCUT2D eigenvalue weighted by molar-refractivity contribution is 5.55. The van der Waals surface area contributed by atoms with Gasteiger partial charge in [0.1, 0.15) is 11.8 Å². The topological polar surface area (TPSA) is 62.7 Å². The predicted molar refractivity (Wildman–Crippen MR) is 43.1 cm³/mol. The lowest BCUT2D eigenvalue weighted by Crippen LogP contribution is -2.01. The van der Waals surface area contributed by atoms with Gasteiger partial charge < -0.3 is 5.73 Å². The minimum absolute atomic E-state index is 0.143. The van der Waals surface area contributed by atoms with Crippen molar-refractivity contribution < 1.29 is 8.78 Å². The van der Waals surface area contributed by atoms with Gasteiger partial charge in [-0.15, -0.1) is 0 Å². The summed E-state index contributed by atoms with van der Waals surface area (Å²) in [5.74, 6) is 0. The largest absolute Gasteiger partial charge is 0.396 e. The predicted octanol–water partition coefficient (Wildman–Crippen LogP) is 1.78. The Morgan fingerprint density at radius 2 is 2.23 bits per heavy atom. The van der Waals surface area contributed by atoms with E-state index in [9.17, 15) is 8.78 Å². The number of hydrogen-bond donors (Lipinski definition) is 1. The van der Waals surface area contributed by atoms with Gasteiger partial charge >= 0.3 is 0 Å². The first kappa shape index (κ1) is 9.39. The number of nitrogen functional groups attached to an aromatic ring is 1. The third-order valence-electron chi connectivity index (χ3n) is 1.61. The van der Waals surface area contributed by atoms with Gasteiger partial charge in [0.2, 0.25) is 0 Å². The molecule has 0 spiro atoms. The lowest BCUT2D eigenvalue weighted by atomic mass is 10.1. The van der Waals surface area contributed by atoms with Crippen LogP contribution in [0.4, 0.5) is 14.5 Å². The summed E-state index contributed by atoms with van der Waals surface area (Å²) in [5, 5.41) is 8.51. The standard InChI is InChI=1S/C8H7F2N3/c1-4-2-5(8(9)10)13-6(3-11)7(4)12/h2,8H,12H2,1H3. The molecule has 0 fully saturated rings. The lowest BCUT2D eigenvalue weighted by Gasteiger charge is -2.04. The van der Waals surface area contributed by atoms with E-state index in [0.717, 1.165) is 0 Å². The molecular formula is C8H7F2N3. The molecule has 1 heterocycles. The number of rotatable bonds is 1. The van der Waals surface area contributed by atoms with Gasteiger partial charge in [-0.1, -0.05) is 0 Å². The van der Waals surface area contributed by atoms with E-state index in [0.29, 0.717) is 5.56 Å². The number of pyridine rings is 1. The van der Waals surface area contributed by atoms with Gasteiger partial charge in [0.05, 0.1) is 5.69 Å². The van der Waals surface area contributed by atoms with E-state index in [2.05, 4.69) is 4.98 Å². The van der Waals surface area contributed by atoms with Crippen molar-refractivity contribution >= 4 is 5.69 Å². The molecule has 2 N–H and O–H groups in total. The first-order valence-corrected chi connectivity index (χ1v) is 3.51. The minimum atomic E-state index is -2.67. The molecule has 0 unspecified atom stereocenters. The van der Waals surface area contributed by atoms with Crippen molar-refractivity contribution in [1.29, 1.82) is 5.26 Å². The Bertz CT molecular complexity index is 368. The van der Waals surface area contributed by atoms with Gasteiger partial charge in [0.25, 0.3) is 6.43 Å². The highest BCUT2D eigenvalue weighted by atomic mass is 19.3. The molecule has 0 saturated carbocycles. The van der Waals surface area contributed by atoms with Crippen LogP contribution in [0.5, 0.6) is 0 Å². The zero-order chi connectivity index (χ0) is 10.0. The van der Waals surface area contributed by atoms with E-state index in [4.69, 9.17) is 11.0 Å². The average Bonchev–Trinajstić information content (AvgIpc) is 2.09. The quantitative estimate of drug-likeness (QED) is 0.721. The number of aryl methyl sites for hydroxylation is 1. The lowest BCUT2D eigenvalue weighted by molar-refractivity contribution is 0.146. The molecule has 0 radical (unpaired) electrons. The third-order valence-corrected chi connectivity index (χ3v) is 1.61. The summed E-state index contributed by atoms with van der Waals surface area (Å²) >= 11 is 0. The molecule has 0 bridgehead atoms. The molecule has 0 atom stereocenters. The molecule has 68 valence electrons. The first-order valence-electron chi connectivity index (χ1n) is 3.51. The Morgan fingerprint density at radius 1 is 1.62 bits per heavy atom. The fourth-order valence-corrected chi connectivity index (χ4v) is 0.905. The van der Waals surface area contributed by atoms with Crippen molar-refractivity contribution in [2.24, 2.45) is 0 Å². The smallest absolute Gasteiger partial charge is 0.280 e. The zero-order valence-electron chi connectivity index (χ0n) is 6.88. The van der Waals surface area contributed by atoms with Crippen LogP contribution >= 0.6 is 0 Å². The van der Waals surface area contributed by atoms with Crippen LogP contribution in [-0.4, -0.2) is 4.98 Å². The van der Waals surface area contributed by atoms with Crippen LogP contribution in [0.2, 0.25) is 0 Å². The maximum Gasteiger partial charge on any atom is 0.280 e. The van der Waals surface area contributed by atoms with E-state index < -0.39 is 12.1 Å². The molecule has 0 aliphatic heterocycles. The van der Waals surface area contributed by atoms with E-state index in [-0.39, 0.29) is 11.4 Å². The number of nitrogens with two attached hydrogens (primary N) is 1. The SMILES string of the molecule is Cc1cc(C(F)F)nc(C#N)c1N. The molecule has 13 heavy (non-hydrogen) atoms. The Kier molecular flexibility index (Phi) is 2.42. The van der Waals surface area contributed by atoms with Crippen molar-refractivity contribution in [2.45, 2.75) is 13.3 Å². The van der Waals surface area contributed by atoms with Crippen LogP contribution in [0.25, 0.3) is 0 Å². The van der Waals surface area contributed by atoms with Crippen LogP contribution in [0.3, 0.4) is 0 Å². The van der Waals surface area contributed by atoms with Gasteiger partial charge in [0, 0.05) is 0 Å². The van der Waals surface area contributed by atoms with Gasteiger partial charge in [-0.25, -0.2) is 13.8 Å². The number of nitrogens with zero attached hydrogens (tertiary/aromatic N) is 2. The second kappa shape index (κ2) is 3.35. The van der Waals surface area contributed by atoms with Gasteiger partial charge in [-0.3, -0.25) is 0 Å². The van der Waals surface area contributed by atoms with Crippen molar-refractivity contribution in [3.63, 3.8) is 0 Å². The first-order chi connectivity index (χ1) is 6.06. The van der Waals surface area contributed by atoms with Gasteiger partial charge in [-0.05, 0) is 18.6 Å². The van der Waals surface area contributed by atoms with Crippen LogP contribution < -0.4 is 5.73 Å². The van der Waals surface area contributed by atoms with Crippen molar-refractivity contribution in [1.82, 2.24) is 4.98 Å². The second-order valence-corrected chi connectivity index (χ2v) is 2.54. The van der Waals surface area contributed by atoms with Crippen molar-refractivity contribution in [3.8, 4) is 6.07 Å². The molecule has 0 aromatic carbocycles. The Morgan fingerprint density at radius 3 is 2.69 bits per heavy atom. The summed E-state index contributed by atoms with van der Waals surface area (Å²) in [5.41, 5.74) is 5.48. The number of hydrogen-bond acceptors (Lipinski definition) is 3. The monoisotopic (exact) mass is 183 g/mol. The van der Waals surface area contributed by atoms with E-state index in [1.165, 1.54) is 6.07 Å². The molecule has 3 nitrogen and oxygen atoms in total. The van der Waals surface area contributed by atoms with Crippen molar-refractivity contribution in [2.75, 3.05) is 5.73 Å². The maximum atomic E-state index is 12.2. The molecule has 1 aromatic rings. The third kappa shape index (κ3) is 1.72. The zero-order valence-corrected chi connectivity index (χ0v) is 6.88. The van der Waals surface area contributed by atoms with Crippen LogP contribution in [0.15, 0.2) is 6.07 Å². The Balaban J connectivity index is 3.32. The van der Waals surface area contributed by atoms with Crippen LogP contribution in [0, 0.1) is 18.3 Å². The number of halogens is 2. The summed E-state index contributed by atoms with van der Waals surface area (Å²) in [6.07, 6.45) is -2.67. The molecule has 1 aromatic heterocycles. The average molecular weight is 183 g/mol. The maximum absolute atomic E-state index is 12.2. The van der Waals surface area contributed by atoms with Crippen molar-refractivity contribution in [3.05, 3.63) is 23.0 Å². The van der Waals surface area contributed by atoms with E-state index >= 15 is 0 Å². The highest BCUT2D eigenvalue weighted by Crippen LogP contribution is 2.22. The Hall–Kier alpha value is -1.70. The summed E-state index contributed by atoms with van der Waals surface area (Å²) < 4.78 is 24.4. The fraction of sp³-hybridized carbons (Fsp3) is 0.250. The molecular weight excluding hydrogens is 176 g/mol. The molecule has 5 heteroatoms. The molecule has 0 aliphatic carbocycles. The van der Waals surface area contributed by atoms with Gasteiger partial charge in [-0.2, -0.15) is 5.26 Å².